The van der Waals surface area contributed by atoms with Crippen molar-refractivity contribution in [3.05, 3.63) is 58.6 Å². The average Bonchev–Trinajstić information content (AvgIpc) is 2.29. The third-order valence-electron chi connectivity index (χ3n) is 2.37. The van der Waals surface area contributed by atoms with E-state index in [4.69, 9.17) is 11.6 Å². The Morgan fingerprint density at radius 1 is 1.06 bits per heavy atom. The quantitative estimate of drug-likeness (QED) is 0.828. The highest BCUT2D eigenvalue weighted by molar-refractivity contribution is 6.32. The summed E-state index contributed by atoms with van der Waals surface area (Å²) in [7, 11) is 0. The molecule has 0 bridgehead atoms. The molecule has 2 rings (SSSR count). The van der Waals surface area contributed by atoms with Crippen molar-refractivity contribution in [3.63, 3.8) is 0 Å². The van der Waals surface area contributed by atoms with Gasteiger partial charge in [-0.1, -0.05) is 11.6 Å². The number of benzene rings is 2. The molecule has 0 spiro atoms. The van der Waals surface area contributed by atoms with Crippen LogP contribution in [0.5, 0.6) is 5.75 Å². The van der Waals surface area contributed by atoms with Gasteiger partial charge in [0.1, 0.15) is 17.4 Å². The van der Waals surface area contributed by atoms with Gasteiger partial charge in [0.2, 0.25) is 0 Å². The molecule has 2 aromatic carbocycles. The van der Waals surface area contributed by atoms with E-state index in [1.54, 1.807) is 6.07 Å². The van der Waals surface area contributed by atoms with E-state index in [0.717, 1.165) is 6.07 Å². The minimum Gasteiger partial charge on any atom is -0.506 e. The lowest BCUT2D eigenvalue weighted by Gasteiger charge is -2.08. The molecular formula is C13H10ClF2NO. The Morgan fingerprint density at radius 3 is 2.33 bits per heavy atom. The van der Waals surface area contributed by atoms with Crippen LogP contribution in [-0.2, 0) is 6.54 Å². The van der Waals surface area contributed by atoms with Crippen LogP contribution in [-0.4, -0.2) is 5.11 Å². The van der Waals surface area contributed by atoms with Crippen molar-refractivity contribution < 1.29 is 13.9 Å². The molecule has 0 aliphatic rings. The monoisotopic (exact) mass is 269 g/mol. The fourth-order valence-electron chi connectivity index (χ4n) is 1.53. The molecule has 18 heavy (non-hydrogen) atoms. The lowest BCUT2D eigenvalue weighted by atomic mass is 10.2. The fourth-order valence-corrected chi connectivity index (χ4v) is 1.71. The number of rotatable bonds is 3. The van der Waals surface area contributed by atoms with Gasteiger partial charge in [-0.2, -0.15) is 0 Å². The van der Waals surface area contributed by atoms with Gasteiger partial charge in [-0.25, -0.2) is 8.78 Å². The average molecular weight is 270 g/mol. The molecular weight excluding hydrogens is 260 g/mol. The molecule has 0 unspecified atom stereocenters. The summed E-state index contributed by atoms with van der Waals surface area (Å²) in [6.07, 6.45) is 0. The minimum atomic E-state index is -0.615. The summed E-state index contributed by atoms with van der Waals surface area (Å²) in [5.41, 5.74) is 1.14. The number of anilines is 1. The predicted octanol–water partition coefficient (Wildman–Crippen LogP) is 3.94. The topological polar surface area (TPSA) is 32.3 Å². The molecule has 0 fully saturated rings. The first-order chi connectivity index (χ1) is 8.54. The smallest absolute Gasteiger partial charge is 0.134 e. The van der Waals surface area contributed by atoms with Crippen LogP contribution in [0.4, 0.5) is 14.5 Å². The summed E-state index contributed by atoms with van der Waals surface area (Å²) in [4.78, 5) is 0. The molecule has 0 aliphatic carbocycles. The van der Waals surface area contributed by atoms with E-state index in [0.29, 0.717) is 11.3 Å². The van der Waals surface area contributed by atoms with Crippen LogP contribution in [0.25, 0.3) is 0 Å². The van der Waals surface area contributed by atoms with Gasteiger partial charge < -0.3 is 10.4 Å². The Labute approximate surface area is 108 Å². The van der Waals surface area contributed by atoms with Crippen molar-refractivity contribution in [2.45, 2.75) is 6.54 Å². The number of hydrogen-bond donors (Lipinski definition) is 2. The van der Waals surface area contributed by atoms with Crippen LogP contribution in [0.3, 0.4) is 0 Å². The highest BCUT2D eigenvalue weighted by atomic mass is 35.5. The molecule has 0 saturated heterocycles. The lowest BCUT2D eigenvalue weighted by molar-refractivity contribution is 0.475. The first-order valence-electron chi connectivity index (χ1n) is 5.22. The number of nitrogens with one attached hydrogen (secondary N) is 1. The van der Waals surface area contributed by atoms with Gasteiger partial charge in [0.15, 0.2) is 0 Å². The predicted molar refractivity (Wildman–Crippen MR) is 66.8 cm³/mol. The van der Waals surface area contributed by atoms with Crippen molar-refractivity contribution >= 4 is 17.3 Å². The SMILES string of the molecule is Oc1ccc(NCc2cc(F)cc(F)c2)cc1Cl. The molecule has 0 amide bonds. The first kappa shape index (κ1) is 12.6. The molecule has 0 aromatic heterocycles. The van der Waals surface area contributed by atoms with Crippen LogP contribution < -0.4 is 5.32 Å². The number of halogens is 3. The summed E-state index contributed by atoms with van der Waals surface area (Å²) in [5.74, 6) is -1.25. The molecule has 94 valence electrons. The van der Waals surface area contributed by atoms with Crippen molar-refractivity contribution in [2.24, 2.45) is 0 Å². The zero-order chi connectivity index (χ0) is 13.1. The molecule has 2 N–H and O–H groups in total. The van der Waals surface area contributed by atoms with Gasteiger partial charge in [-0.3, -0.25) is 0 Å². The van der Waals surface area contributed by atoms with E-state index in [1.807, 2.05) is 0 Å². The fraction of sp³-hybridized carbons (Fsp3) is 0.0769. The van der Waals surface area contributed by atoms with Crippen LogP contribution in [0.1, 0.15) is 5.56 Å². The van der Waals surface area contributed by atoms with E-state index < -0.39 is 11.6 Å². The third-order valence-corrected chi connectivity index (χ3v) is 2.67. The second-order valence-electron chi connectivity index (χ2n) is 3.80. The third kappa shape index (κ3) is 3.11. The largest absolute Gasteiger partial charge is 0.506 e. The second kappa shape index (κ2) is 5.23. The maximum Gasteiger partial charge on any atom is 0.134 e. The molecule has 0 saturated carbocycles. The zero-order valence-electron chi connectivity index (χ0n) is 9.25. The zero-order valence-corrected chi connectivity index (χ0v) is 10.0. The van der Waals surface area contributed by atoms with Crippen molar-refractivity contribution in [1.82, 2.24) is 0 Å². The van der Waals surface area contributed by atoms with E-state index >= 15 is 0 Å². The highest BCUT2D eigenvalue weighted by Gasteiger charge is 2.02. The van der Waals surface area contributed by atoms with Gasteiger partial charge in [-0.15, -0.1) is 0 Å². The van der Waals surface area contributed by atoms with E-state index in [2.05, 4.69) is 5.32 Å². The van der Waals surface area contributed by atoms with Crippen molar-refractivity contribution in [1.29, 1.82) is 0 Å². The molecule has 2 nitrogen and oxygen atoms in total. The Bertz CT molecular complexity index is 555. The molecule has 2 aromatic rings. The molecule has 0 heterocycles. The summed E-state index contributed by atoms with van der Waals surface area (Å²) in [6, 6.07) is 7.91. The Kier molecular flexibility index (Phi) is 3.67. The van der Waals surface area contributed by atoms with E-state index in [-0.39, 0.29) is 17.3 Å². The second-order valence-corrected chi connectivity index (χ2v) is 4.20. The summed E-state index contributed by atoms with van der Waals surface area (Å²) in [5, 5.41) is 12.4. The molecule has 0 radical (unpaired) electrons. The maximum atomic E-state index is 12.9. The lowest BCUT2D eigenvalue weighted by Crippen LogP contribution is -2.00. The highest BCUT2D eigenvalue weighted by Crippen LogP contribution is 2.26. The van der Waals surface area contributed by atoms with E-state index in [9.17, 15) is 13.9 Å². The van der Waals surface area contributed by atoms with Crippen LogP contribution in [0.2, 0.25) is 5.02 Å². The standard InChI is InChI=1S/C13H10ClF2NO/c14-12-6-11(1-2-13(12)18)17-7-8-3-9(15)5-10(16)4-8/h1-6,17-18H,7H2. The minimum absolute atomic E-state index is 0.0148. The Hall–Kier alpha value is -1.81. The number of hydrogen-bond acceptors (Lipinski definition) is 2. The van der Waals surface area contributed by atoms with E-state index in [1.165, 1.54) is 24.3 Å². The first-order valence-corrected chi connectivity index (χ1v) is 5.60. The van der Waals surface area contributed by atoms with Crippen molar-refractivity contribution in [3.8, 4) is 5.75 Å². The Balaban J connectivity index is 2.08. The summed E-state index contributed by atoms with van der Waals surface area (Å²) in [6.45, 7) is 0.260. The maximum absolute atomic E-state index is 12.9. The van der Waals surface area contributed by atoms with Crippen LogP contribution in [0.15, 0.2) is 36.4 Å². The van der Waals surface area contributed by atoms with Gasteiger partial charge in [-0.05, 0) is 35.9 Å². The van der Waals surface area contributed by atoms with Gasteiger partial charge in [0.05, 0.1) is 5.02 Å². The van der Waals surface area contributed by atoms with Crippen LogP contribution >= 0.6 is 11.6 Å². The van der Waals surface area contributed by atoms with Crippen LogP contribution in [0, 0.1) is 11.6 Å². The molecule has 5 heteroatoms. The number of phenols is 1. The normalized spacial score (nSPS) is 10.4. The Morgan fingerprint density at radius 2 is 1.72 bits per heavy atom. The number of phenolic OH excluding ortho intramolecular Hbond substituents is 1. The van der Waals surface area contributed by atoms with Gasteiger partial charge in [0.25, 0.3) is 0 Å². The summed E-state index contributed by atoms with van der Waals surface area (Å²) >= 11 is 5.74. The van der Waals surface area contributed by atoms with Crippen molar-refractivity contribution in [2.75, 3.05) is 5.32 Å². The van der Waals surface area contributed by atoms with Gasteiger partial charge in [0, 0.05) is 18.3 Å². The summed E-state index contributed by atoms with van der Waals surface area (Å²) < 4.78 is 25.9. The van der Waals surface area contributed by atoms with Gasteiger partial charge >= 0.3 is 0 Å². The molecule has 0 atom stereocenters. The number of aromatic hydroxyl groups is 1. The molecule has 0 aliphatic heterocycles.